The van der Waals surface area contributed by atoms with E-state index in [0.29, 0.717) is 21.7 Å². The molecule has 1 aliphatic rings. The standard InChI is InChI=1S/C14H18N2O3/c1-9-7-13(16(18)19-2)11(6-5-10-3-4-10)8-12(9)14(15)17/h7-8,10H,3-6H2,1-2H3,(H-,15,17)/p+1. The van der Waals surface area contributed by atoms with Crippen LogP contribution < -0.4 is 5.73 Å². The van der Waals surface area contributed by atoms with Gasteiger partial charge in [0.15, 0.2) is 7.11 Å². The van der Waals surface area contributed by atoms with Gasteiger partial charge in [0.1, 0.15) is 0 Å². The van der Waals surface area contributed by atoms with Crippen LogP contribution in [0.5, 0.6) is 0 Å². The molecule has 0 saturated heterocycles. The van der Waals surface area contributed by atoms with Gasteiger partial charge in [-0.25, -0.2) is 4.84 Å². The molecule has 0 aromatic heterocycles. The highest BCUT2D eigenvalue weighted by Gasteiger charge is 2.26. The van der Waals surface area contributed by atoms with Gasteiger partial charge in [-0.1, -0.05) is 12.8 Å². The largest absolute Gasteiger partial charge is 0.366 e. The molecule has 2 rings (SSSR count). The normalized spacial score (nSPS) is 14.2. The molecule has 0 bridgehead atoms. The summed E-state index contributed by atoms with van der Waals surface area (Å²) >= 11 is 0. The van der Waals surface area contributed by atoms with Crippen LogP contribution >= 0.6 is 0 Å². The van der Waals surface area contributed by atoms with Crippen molar-refractivity contribution in [1.82, 2.24) is 0 Å². The Kier molecular flexibility index (Phi) is 3.83. The first-order valence-corrected chi connectivity index (χ1v) is 6.47. The average Bonchev–Trinajstić information content (AvgIpc) is 3.19. The predicted octanol–water partition coefficient (Wildman–Crippen LogP) is 2.41. The molecule has 5 heteroatoms. The molecule has 0 heterocycles. The molecule has 5 nitrogen and oxygen atoms in total. The fraction of sp³-hybridized carbons (Fsp3) is 0.500. The number of nitrogens with two attached hydrogens (primary N) is 1. The summed E-state index contributed by atoms with van der Waals surface area (Å²) < 4.78 is 0. The number of rotatable bonds is 6. The Hall–Kier alpha value is -1.91. The third-order valence-corrected chi connectivity index (χ3v) is 3.57. The van der Waals surface area contributed by atoms with Crippen LogP contribution in [-0.4, -0.2) is 17.9 Å². The molecule has 0 atom stereocenters. The van der Waals surface area contributed by atoms with Gasteiger partial charge in [-0.05, 0) is 37.3 Å². The maximum atomic E-state index is 11.7. The number of carbonyl (C=O) groups is 1. The Morgan fingerprint density at radius 1 is 1.47 bits per heavy atom. The smallest absolute Gasteiger partial charge is 0.320 e. The van der Waals surface area contributed by atoms with Crippen molar-refractivity contribution in [2.75, 3.05) is 7.11 Å². The second-order valence-electron chi connectivity index (χ2n) is 5.08. The zero-order valence-corrected chi connectivity index (χ0v) is 11.3. The molecule has 1 fully saturated rings. The summed E-state index contributed by atoms with van der Waals surface area (Å²) in [7, 11) is 1.33. The van der Waals surface area contributed by atoms with Gasteiger partial charge in [0, 0.05) is 17.2 Å². The van der Waals surface area contributed by atoms with Crippen molar-refractivity contribution in [2.24, 2.45) is 11.7 Å². The van der Waals surface area contributed by atoms with Crippen molar-refractivity contribution in [3.8, 4) is 0 Å². The molecule has 1 aromatic rings. The van der Waals surface area contributed by atoms with Crippen LogP contribution in [-0.2, 0) is 11.3 Å². The number of amides is 1. The number of hydrogen-bond acceptors (Lipinski definition) is 3. The molecule has 102 valence electrons. The molecule has 1 aliphatic carbocycles. The van der Waals surface area contributed by atoms with Crippen LogP contribution in [0, 0.1) is 17.7 Å². The van der Waals surface area contributed by atoms with Gasteiger partial charge in [0.05, 0.1) is 4.91 Å². The molecule has 19 heavy (non-hydrogen) atoms. The first-order valence-electron chi connectivity index (χ1n) is 6.47. The number of aryl methyl sites for hydroxylation is 2. The van der Waals surface area contributed by atoms with Crippen LogP contribution in [0.25, 0.3) is 0 Å². The van der Waals surface area contributed by atoms with E-state index in [1.807, 2.05) is 0 Å². The maximum absolute atomic E-state index is 11.7. The average molecular weight is 263 g/mol. The van der Waals surface area contributed by atoms with Gasteiger partial charge in [-0.2, -0.15) is 0 Å². The Labute approximate surface area is 112 Å². The van der Waals surface area contributed by atoms with E-state index in [0.717, 1.165) is 24.3 Å². The van der Waals surface area contributed by atoms with Gasteiger partial charge in [0.25, 0.3) is 4.92 Å². The van der Waals surface area contributed by atoms with Crippen LogP contribution in [0.3, 0.4) is 0 Å². The third-order valence-electron chi connectivity index (χ3n) is 3.57. The van der Waals surface area contributed by atoms with Gasteiger partial charge in [-0.3, -0.25) is 4.79 Å². The Morgan fingerprint density at radius 3 is 2.68 bits per heavy atom. The first kappa shape index (κ1) is 13.5. The quantitative estimate of drug-likeness (QED) is 0.801. The second-order valence-corrected chi connectivity index (χ2v) is 5.08. The number of benzene rings is 1. The number of hydrogen-bond donors (Lipinski definition) is 1. The van der Waals surface area contributed by atoms with Crippen molar-refractivity contribution < 1.29 is 14.6 Å². The molecule has 0 aliphatic heterocycles. The topological polar surface area (TPSA) is 72.4 Å². The van der Waals surface area contributed by atoms with Crippen molar-refractivity contribution in [1.29, 1.82) is 0 Å². The number of carbonyl (C=O) groups excluding carboxylic acids is 1. The van der Waals surface area contributed by atoms with Gasteiger partial charge >= 0.3 is 5.69 Å². The minimum absolute atomic E-state index is 0.464. The van der Waals surface area contributed by atoms with E-state index in [-0.39, 0.29) is 0 Å². The van der Waals surface area contributed by atoms with Gasteiger partial charge in [-0.15, -0.1) is 0 Å². The SMILES string of the molecule is CO[N+](=O)c1cc(C)c(C(N)=O)cc1CCC1CC1. The molecular weight excluding hydrogens is 244 g/mol. The Morgan fingerprint density at radius 2 is 2.16 bits per heavy atom. The lowest BCUT2D eigenvalue weighted by molar-refractivity contribution is -0.737. The summed E-state index contributed by atoms with van der Waals surface area (Å²) in [6.07, 6.45) is 4.32. The highest BCUT2D eigenvalue weighted by molar-refractivity contribution is 5.94. The van der Waals surface area contributed by atoms with Crippen LogP contribution in [0.4, 0.5) is 5.69 Å². The van der Waals surface area contributed by atoms with E-state index < -0.39 is 5.91 Å². The van der Waals surface area contributed by atoms with Crippen LogP contribution in [0.2, 0.25) is 0 Å². The molecular formula is C14H19N2O3+. The predicted molar refractivity (Wildman–Crippen MR) is 71.0 cm³/mol. The highest BCUT2D eigenvalue weighted by atomic mass is 16.8. The fourth-order valence-electron chi connectivity index (χ4n) is 2.24. The summed E-state index contributed by atoms with van der Waals surface area (Å²) in [5.74, 6) is 0.292. The molecule has 0 unspecified atom stereocenters. The lowest BCUT2D eigenvalue weighted by atomic mass is 9.98. The lowest BCUT2D eigenvalue weighted by Crippen LogP contribution is -2.14. The monoisotopic (exact) mass is 263 g/mol. The lowest BCUT2D eigenvalue weighted by Gasteiger charge is -2.06. The van der Waals surface area contributed by atoms with Crippen LogP contribution in [0.15, 0.2) is 12.1 Å². The van der Waals surface area contributed by atoms with Gasteiger partial charge < -0.3 is 5.73 Å². The number of primary amides is 1. The Balaban J connectivity index is 2.35. The molecule has 1 saturated carbocycles. The third kappa shape index (κ3) is 3.10. The second kappa shape index (κ2) is 5.38. The van der Waals surface area contributed by atoms with E-state index in [2.05, 4.69) is 0 Å². The van der Waals surface area contributed by atoms with Crippen LogP contribution in [0.1, 0.15) is 40.7 Å². The van der Waals surface area contributed by atoms with Gasteiger partial charge in [0.2, 0.25) is 5.91 Å². The summed E-state index contributed by atoms with van der Waals surface area (Å²) in [4.78, 5) is 28.3. The van der Waals surface area contributed by atoms with E-state index in [1.54, 1.807) is 19.1 Å². The molecule has 1 aromatic carbocycles. The molecule has 2 N–H and O–H groups in total. The molecule has 0 spiro atoms. The van der Waals surface area contributed by atoms with E-state index >= 15 is 0 Å². The fourth-order valence-corrected chi connectivity index (χ4v) is 2.24. The summed E-state index contributed by atoms with van der Waals surface area (Å²) in [6.45, 7) is 1.76. The summed E-state index contributed by atoms with van der Waals surface area (Å²) in [5, 5.41) is 0. The van der Waals surface area contributed by atoms with Crippen molar-refractivity contribution in [3.05, 3.63) is 33.7 Å². The highest BCUT2D eigenvalue weighted by Crippen LogP contribution is 2.35. The van der Waals surface area contributed by atoms with E-state index in [4.69, 9.17) is 10.6 Å². The van der Waals surface area contributed by atoms with Crippen molar-refractivity contribution in [2.45, 2.75) is 32.6 Å². The maximum Gasteiger partial charge on any atom is 0.320 e. The first-order chi connectivity index (χ1) is 9.02. The zero-order valence-electron chi connectivity index (χ0n) is 11.3. The summed E-state index contributed by atoms with van der Waals surface area (Å²) in [6, 6.07) is 3.39. The van der Waals surface area contributed by atoms with Crippen molar-refractivity contribution >= 4 is 11.6 Å². The van der Waals surface area contributed by atoms with E-state index in [9.17, 15) is 9.70 Å². The minimum atomic E-state index is -0.466. The summed E-state index contributed by atoms with van der Waals surface area (Å²) in [5.41, 5.74) is 7.80. The van der Waals surface area contributed by atoms with E-state index in [1.165, 1.54) is 20.0 Å². The molecule has 0 radical (unpaired) electrons. The zero-order chi connectivity index (χ0) is 14.0. The number of nitrogens with zero attached hydrogens (tertiary/aromatic N) is 1. The molecule has 1 amide bonds. The Bertz CT molecular complexity index is 522. The van der Waals surface area contributed by atoms with Crippen molar-refractivity contribution in [3.63, 3.8) is 0 Å². The minimum Gasteiger partial charge on any atom is -0.366 e.